The van der Waals surface area contributed by atoms with E-state index in [0.717, 1.165) is 21.5 Å². The van der Waals surface area contributed by atoms with Gasteiger partial charge in [0.15, 0.2) is 0 Å². The minimum Gasteiger partial charge on any atom is -0.309 e. The Labute approximate surface area is 140 Å². The lowest BCUT2D eigenvalue weighted by atomic mass is 9.93. The molecule has 0 fully saturated rings. The third-order valence-electron chi connectivity index (χ3n) is 4.01. The highest BCUT2D eigenvalue weighted by molar-refractivity contribution is 9.10. The zero-order valence-electron chi connectivity index (χ0n) is 12.7. The lowest BCUT2D eigenvalue weighted by molar-refractivity contribution is 0.688. The number of benzene rings is 2. The van der Waals surface area contributed by atoms with Crippen molar-refractivity contribution in [3.05, 3.63) is 68.7 Å². The van der Waals surface area contributed by atoms with Crippen molar-refractivity contribution in [3.63, 3.8) is 0 Å². The summed E-state index contributed by atoms with van der Waals surface area (Å²) in [4.78, 5) is 0. The Morgan fingerprint density at radius 2 is 1.71 bits per heavy atom. The molecule has 0 bridgehead atoms. The van der Waals surface area contributed by atoms with E-state index in [2.05, 4.69) is 65.4 Å². The van der Waals surface area contributed by atoms with E-state index in [9.17, 15) is 0 Å². The highest BCUT2D eigenvalue weighted by atomic mass is 79.9. The smallest absolute Gasteiger partial charge is 0.0589 e. The molecule has 21 heavy (non-hydrogen) atoms. The van der Waals surface area contributed by atoms with Gasteiger partial charge in [0.2, 0.25) is 0 Å². The predicted octanol–water partition coefficient (Wildman–Crippen LogP) is 5.92. The average molecular weight is 367 g/mol. The van der Waals surface area contributed by atoms with Crippen LogP contribution in [0, 0.1) is 0 Å². The number of nitrogens with one attached hydrogen (secondary N) is 1. The maximum atomic E-state index is 6.39. The summed E-state index contributed by atoms with van der Waals surface area (Å²) in [5.74, 6) is 0.600. The van der Waals surface area contributed by atoms with Gasteiger partial charge >= 0.3 is 0 Å². The Kier molecular flexibility index (Phi) is 5.86. The summed E-state index contributed by atoms with van der Waals surface area (Å²) in [6.07, 6.45) is 1.16. The van der Waals surface area contributed by atoms with Crippen LogP contribution in [0.4, 0.5) is 0 Å². The van der Waals surface area contributed by atoms with Gasteiger partial charge in [0, 0.05) is 9.50 Å². The van der Waals surface area contributed by atoms with E-state index in [1.807, 2.05) is 19.2 Å². The van der Waals surface area contributed by atoms with Crippen LogP contribution in [0.2, 0.25) is 5.02 Å². The number of hydrogen-bond donors (Lipinski definition) is 1. The van der Waals surface area contributed by atoms with Gasteiger partial charge in [0.25, 0.3) is 0 Å². The molecule has 2 aromatic carbocycles. The third-order valence-corrected chi connectivity index (χ3v) is 4.83. The molecule has 0 aliphatic heterocycles. The molecule has 0 spiro atoms. The van der Waals surface area contributed by atoms with Crippen molar-refractivity contribution in [1.82, 2.24) is 5.32 Å². The van der Waals surface area contributed by atoms with Gasteiger partial charge in [0.1, 0.15) is 0 Å². The first kappa shape index (κ1) is 16.5. The fourth-order valence-electron chi connectivity index (χ4n) is 2.49. The summed E-state index contributed by atoms with van der Waals surface area (Å²) in [6.45, 7) is 4.48. The van der Waals surface area contributed by atoms with Crippen LogP contribution >= 0.6 is 27.5 Å². The fourth-order valence-corrected chi connectivity index (χ4v) is 3.27. The van der Waals surface area contributed by atoms with Gasteiger partial charge < -0.3 is 5.32 Å². The normalized spacial score (nSPS) is 14.0. The van der Waals surface area contributed by atoms with Gasteiger partial charge in [0.05, 0.1) is 6.04 Å². The zero-order valence-corrected chi connectivity index (χ0v) is 15.0. The molecule has 0 aromatic heterocycles. The third kappa shape index (κ3) is 3.88. The molecule has 2 aromatic rings. The summed E-state index contributed by atoms with van der Waals surface area (Å²) in [5, 5.41) is 4.13. The van der Waals surface area contributed by atoms with Crippen molar-refractivity contribution < 1.29 is 0 Å². The summed E-state index contributed by atoms with van der Waals surface area (Å²) < 4.78 is 0.998. The average Bonchev–Trinajstić information content (AvgIpc) is 2.50. The lowest BCUT2D eigenvalue weighted by Gasteiger charge is -2.20. The minimum atomic E-state index is 0.108. The molecule has 0 amide bonds. The topological polar surface area (TPSA) is 12.0 Å². The molecule has 0 aliphatic carbocycles. The Balaban J connectivity index is 2.33. The molecule has 2 rings (SSSR count). The highest BCUT2D eigenvalue weighted by Gasteiger charge is 2.15. The van der Waals surface area contributed by atoms with Crippen LogP contribution in [-0.4, -0.2) is 7.05 Å². The summed E-state index contributed by atoms with van der Waals surface area (Å²) in [6, 6.07) is 15.0. The SMILES string of the molecule is CCC(C)c1ccc(C(NC)c2ccc(Br)cc2Cl)cc1. The second-order valence-corrected chi connectivity index (χ2v) is 6.69. The summed E-state index contributed by atoms with van der Waals surface area (Å²) >= 11 is 9.84. The van der Waals surface area contributed by atoms with Crippen molar-refractivity contribution >= 4 is 27.5 Å². The van der Waals surface area contributed by atoms with Crippen molar-refractivity contribution in [3.8, 4) is 0 Å². The molecule has 0 aliphatic rings. The van der Waals surface area contributed by atoms with Crippen molar-refractivity contribution in [2.45, 2.75) is 32.2 Å². The predicted molar refractivity (Wildman–Crippen MR) is 95.2 cm³/mol. The van der Waals surface area contributed by atoms with Crippen LogP contribution in [0.1, 0.15) is 48.9 Å². The highest BCUT2D eigenvalue weighted by Crippen LogP contribution is 2.31. The number of halogens is 2. The fraction of sp³-hybridized carbons (Fsp3) is 0.333. The number of rotatable bonds is 5. The molecule has 0 saturated carbocycles. The molecule has 0 saturated heterocycles. The van der Waals surface area contributed by atoms with Gasteiger partial charge in [-0.05, 0) is 48.2 Å². The monoisotopic (exact) mass is 365 g/mol. The van der Waals surface area contributed by atoms with Crippen LogP contribution in [0.5, 0.6) is 0 Å². The van der Waals surface area contributed by atoms with E-state index >= 15 is 0 Å². The maximum Gasteiger partial charge on any atom is 0.0589 e. The van der Waals surface area contributed by atoms with Gasteiger partial charge in [-0.25, -0.2) is 0 Å². The molecule has 2 unspecified atom stereocenters. The molecular weight excluding hydrogens is 346 g/mol. The van der Waals surface area contributed by atoms with Crippen molar-refractivity contribution in [2.24, 2.45) is 0 Å². The van der Waals surface area contributed by atoms with Crippen molar-refractivity contribution in [2.75, 3.05) is 7.05 Å². The van der Waals surface area contributed by atoms with Crippen LogP contribution in [0.3, 0.4) is 0 Å². The second kappa shape index (κ2) is 7.44. The molecule has 112 valence electrons. The maximum absolute atomic E-state index is 6.39. The minimum absolute atomic E-state index is 0.108. The molecule has 3 heteroatoms. The van der Waals surface area contributed by atoms with E-state index in [1.165, 1.54) is 11.1 Å². The zero-order chi connectivity index (χ0) is 15.4. The molecule has 1 N–H and O–H groups in total. The van der Waals surface area contributed by atoms with Crippen LogP contribution < -0.4 is 5.32 Å². The second-order valence-electron chi connectivity index (χ2n) is 5.36. The Morgan fingerprint density at radius 1 is 1.10 bits per heavy atom. The van der Waals surface area contributed by atoms with E-state index < -0.39 is 0 Å². The lowest BCUT2D eigenvalue weighted by Crippen LogP contribution is -2.18. The Hall–Kier alpha value is -0.830. The van der Waals surface area contributed by atoms with Gasteiger partial charge in [-0.2, -0.15) is 0 Å². The van der Waals surface area contributed by atoms with E-state index in [4.69, 9.17) is 11.6 Å². The molecule has 0 radical (unpaired) electrons. The van der Waals surface area contributed by atoms with Crippen LogP contribution in [0.25, 0.3) is 0 Å². The van der Waals surface area contributed by atoms with Gasteiger partial charge in [-0.3, -0.25) is 0 Å². The molecule has 0 heterocycles. The first-order valence-corrected chi connectivity index (χ1v) is 8.46. The van der Waals surface area contributed by atoms with E-state index in [-0.39, 0.29) is 6.04 Å². The van der Waals surface area contributed by atoms with Gasteiger partial charge in [-0.15, -0.1) is 0 Å². The summed E-state index contributed by atoms with van der Waals surface area (Å²) in [5.41, 5.74) is 3.71. The number of hydrogen-bond acceptors (Lipinski definition) is 1. The van der Waals surface area contributed by atoms with Crippen LogP contribution in [-0.2, 0) is 0 Å². The quantitative estimate of drug-likeness (QED) is 0.692. The van der Waals surface area contributed by atoms with E-state index in [0.29, 0.717) is 5.92 Å². The largest absolute Gasteiger partial charge is 0.309 e. The standard InChI is InChI=1S/C18H21BrClN/c1-4-12(2)13-5-7-14(8-6-13)18(21-3)16-10-9-15(19)11-17(16)20/h5-12,18,21H,4H2,1-3H3. The Morgan fingerprint density at radius 3 is 2.24 bits per heavy atom. The Bertz CT molecular complexity index is 595. The molecule has 1 nitrogen and oxygen atoms in total. The van der Waals surface area contributed by atoms with Crippen LogP contribution in [0.15, 0.2) is 46.9 Å². The van der Waals surface area contributed by atoms with Gasteiger partial charge in [-0.1, -0.05) is 71.7 Å². The first-order valence-electron chi connectivity index (χ1n) is 7.28. The van der Waals surface area contributed by atoms with Crippen molar-refractivity contribution in [1.29, 1.82) is 0 Å². The molecule has 2 atom stereocenters. The first-order chi connectivity index (χ1) is 10.1. The summed E-state index contributed by atoms with van der Waals surface area (Å²) in [7, 11) is 1.96. The molecular formula is C18H21BrClN. The van der Waals surface area contributed by atoms with E-state index in [1.54, 1.807) is 0 Å².